The molecule has 1 aromatic carbocycles. The molecule has 0 saturated carbocycles. The molecule has 48 heavy (non-hydrogen) atoms. The third kappa shape index (κ3) is 6.10. The Kier molecular flexibility index (Phi) is 10.0. The van der Waals surface area contributed by atoms with Gasteiger partial charge >= 0.3 is 17.9 Å². The van der Waals surface area contributed by atoms with Crippen molar-refractivity contribution in [3.05, 3.63) is 35.1 Å². The van der Waals surface area contributed by atoms with Crippen molar-refractivity contribution in [1.29, 1.82) is 0 Å². The van der Waals surface area contributed by atoms with Crippen molar-refractivity contribution in [1.82, 2.24) is 15.5 Å². The first-order valence-electron chi connectivity index (χ1n) is 16.2. The van der Waals surface area contributed by atoms with Crippen LogP contribution >= 0.6 is 0 Å². The maximum Gasteiger partial charge on any atom is 0.345 e. The van der Waals surface area contributed by atoms with Crippen LogP contribution in [0.2, 0.25) is 0 Å². The molecule has 6 N–H and O–H groups in total. The van der Waals surface area contributed by atoms with E-state index in [1.54, 1.807) is 6.08 Å². The smallest absolute Gasteiger partial charge is 0.345 e. The van der Waals surface area contributed by atoms with Crippen LogP contribution in [0.25, 0.3) is 0 Å². The number of carbonyl (C=O) groups excluding carboxylic acids is 4. The molecule has 1 aromatic rings. The summed E-state index contributed by atoms with van der Waals surface area (Å²) in [7, 11) is 3.49. The Bertz CT molecular complexity index is 1510. The summed E-state index contributed by atoms with van der Waals surface area (Å²) < 4.78 is 22.9. The maximum atomic E-state index is 13.2. The summed E-state index contributed by atoms with van der Waals surface area (Å²) in [6, 6.07) is 1.35. The van der Waals surface area contributed by atoms with Crippen molar-refractivity contribution < 1.29 is 53.1 Å². The third-order valence-electron chi connectivity index (χ3n) is 10.0. The molecule has 4 aliphatic rings. The van der Waals surface area contributed by atoms with Gasteiger partial charge in [-0.3, -0.25) is 14.4 Å². The number of amides is 2. The molecule has 1 spiro atoms. The molecular weight excluding hydrogens is 628 g/mol. The number of esters is 2. The van der Waals surface area contributed by atoms with Crippen LogP contribution in [0.15, 0.2) is 24.0 Å². The number of nitrogens with one attached hydrogen (secondary N) is 2. The van der Waals surface area contributed by atoms with Gasteiger partial charge in [-0.15, -0.1) is 0 Å². The summed E-state index contributed by atoms with van der Waals surface area (Å²) in [4.78, 5) is 64.6. The third-order valence-corrected chi connectivity index (χ3v) is 10.0. The quantitative estimate of drug-likeness (QED) is 0.131. The first kappa shape index (κ1) is 35.1. The molecule has 15 heteroatoms. The lowest BCUT2D eigenvalue weighted by atomic mass is 9.50. The fourth-order valence-corrected chi connectivity index (χ4v) is 7.71. The zero-order valence-corrected chi connectivity index (χ0v) is 27.6. The van der Waals surface area contributed by atoms with Crippen LogP contribution in [0.3, 0.4) is 0 Å². The van der Waals surface area contributed by atoms with E-state index in [2.05, 4.69) is 15.5 Å². The Labute approximate surface area is 278 Å². The van der Waals surface area contributed by atoms with Crippen LogP contribution < -0.4 is 25.8 Å². The van der Waals surface area contributed by atoms with Gasteiger partial charge in [0.05, 0.1) is 24.5 Å². The van der Waals surface area contributed by atoms with Crippen molar-refractivity contribution in [3.8, 4) is 11.5 Å². The molecule has 0 aromatic heterocycles. The van der Waals surface area contributed by atoms with Gasteiger partial charge in [-0.25, -0.2) is 9.59 Å². The molecule has 1 fully saturated rings. The van der Waals surface area contributed by atoms with Gasteiger partial charge in [0.1, 0.15) is 17.8 Å². The molecule has 2 aliphatic heterocycles. The van der Waals surface area contributed by atoms with Crippen molar-refractivity contribution in [2.24, 2.45) is 5.73 Å². The minimum Gasteiger partial charge on any atom is -0.493 e. The Balaban J connectivity index is 1.28. The lowest BCUT2D eigenvalue weighted by Gasteiger charge is -2.61. The Hall–Kier alpha value is -4.21. The Morgan fingerprint density at radius 2 is 1.94 bits per heavy atom. The second kappa shape index (κ2) is 13.7. The maximum absolute atomic E-state index is 13.2. The standard InChI is InChI=1S/C33H44N4O11/c1-17(35-29(40)20(36-18(2)38)7-5-6-13-34)31(43)47-23(30(41)42)16-25(39)46-22-10-11-33(44)24-15-19-8-9-21(45-4)27-26(19)32(33,28(22)48-27)12-14-37(24)3/h8-10,17,20,23-24,28,44H,5-7,11-16,34H2,1-4H3,(H,35,40)(H,36,38)(H,41,42)/t17-,20-,23-,24-,28-,32-,33+/m0/s1. The van der Waals surface area contributed by atoms with Crippen molar-refractivity contribution in [2.45, 2.75) is 100 Å². The van der Waals surface area contributed by atoms with Gasteiger partial charge in [0.25, 0.3) is 0 Å². The highest BCUT2D eigenvalue weighted by Crippen LogP contribution is 2.65. The number of nitrogens with two attached hydrogens (primary N) is 1. The number of carboxylic acid groups (broad SMARTS) is 1. The predicted octanol–water partition coefficient (Wildman–Crippen LogP) is 0.0410. The van der Waals surface area contributed by atoms with Crippen LogP contribution in [-0.4, -0.2) is 108 Å². The number of hydrogen-bond donors (Lipinski definition) is 5. The molecule has 2 amide bonds. The normalized spacial score (nSPS) is 26.8. The van der Waals surface area contributed by atoms with Crippen LogP contribution in [0.4, 0.5) is 0 Å². The lowest BCUT2D eigenvalue weighted by molar-refractivity contribution is -0.174. The summed E-state index contributed by atoms with van der Waals surface area (Å²) in [5, 5.41) is 27.1. The molecule has 2 bridgehead atoms. The minimum atomic E-state index is -1.92. The number of piperidine rings is 1. The van der Waals surface area contributed by atoms with Crippen LogP contribution in [0, 0.1) is 0 Å². The molecular formula is C33H44N4O11. The van der Waals surface area contributed by atoms with Crippen LogP contribution in [0.1, 0.15) is 63.5 Å². The summed E-state index contributed by atoms with van der Waals surface area (Å²) in [5.74, 6) is -3.66. The molecule has 7 atom stereocenters. The number of methoxy groups -OCH3 is 1. The van der Waals surface area contributed by atoms with E-state index in [0.717, 1.165) is 11.1 Å². The van der Waals surface area contributed by atoms with Gasteiger partial charge in [-0.1, -0.05) is 6.07 Å². The average Bonchev–Trinajstić information content (AvgIpc) is 3.39. The largest absolute Gasteiger partial charge is 0.493 e. The van der Waals surface area contributed by atoms with Gasteiger partial charge in [-0.05, 0) is 76.9 Å². The van der Waals surface area contributed by atoms with Gasteiger partial charge < -0.3 is 50.4 Å². The predicted molar refractivity (Wildman–Crippen MR) is 168 cm³/mol. The number of hydrogen-bond acceptors (Lipinski definition) is 12. The fourth-order valence-electron chi connectivity index (χ4n) is 7.71. The highest BCUT2D eigenvalue weighted by Gasteiger charge is 2.72. The number of aliphatic hydroxyl groups is 1. The molecule has 15 nitrogen and oxygen atoms in total. The van der Waals surface area contributed by atoms with E-state index >= 15 is 0 Å². The number of carboxylic acids is 1. The van der Waals surface area contributed by atoms with Crippen molar-refractivity contribution in [2.75, 3.05) is 27.2 Å². The van der Waals surface area contributed by atoms with Crippen LogP contribution in [0.5, 0.6) is 11.5 Å². The molecule has 0 radical (unpaired) electrons. The second-order valence-electron chi connectivity index (χ2n) is 13.0. The number of carbonyl (C=O) groups is 5. The molecule has 0 unspecified atom stereocenters. The summed E-state index contributed by atoms with van der Waals surface area (Å²) in [6.07, 6.45) is 0.716. The number of unbranched alkanes of at least 4 members (excludes halogenated alkanes) is 1. The number of aliphatic carboxylic acids is 1. The van der Waals surface area contributed by atoms with E-state index in [1.165, 1.54) is 21.0 Å². The highest BCUT2D eigenvalue weighted by molar-refractivity contribution is 5.91. The van der Waals surface area contributed by atoms with Gasteiger partial charge in [0.15, 0.2) is 17.6 Å². The summed E-state index contributed by atoms with van der Waals surface area (Å²) >= 11 is 0. The van der Waals surface area contributed by atoms with Gasteiger partial charge in [0.2, 0.25) is 17.9 Å². The Morgan fingerprint density at radius 3 is 2.60 bits per heavy atom. The van der Waals surface area contributed by atoms with Crippen LogP contribution in [-0.2, 0) is 45.3 Å². The fraction of sp³-hybridized carbons (Fsp3) is 0.606. The first-order valence-corrected chi connectivity index (χ1v) is 16.2. The number of benzene rings is 1. The van der Waals surface area contributed by atoms with E-state index in [-0.39, 0.29) is 24.6 Å². The molecule has 5 rings (SSSR count). The SMILES string of the molecule is COc1ccc2c3c1O[C@H]1C(OC(=O)C[C@H](OC(=O)[C@H](C)NC(=O)[C@H](CCCCN)NC(C)=O)C(=O)O)=CC[C@@]4(O)[C@H](C2)N(C)CC[C@]314. The summed E-state index contributed by atoms with van der Waals surface area (Å²) in [6.45, 7) is 3.62. The van der Waals surface area contributed by atoms with E-state index < -0.39 is 71.5 Å². The first-order chi connectivity index (χ1) is 22.8. The zero-order chi connectivity index (χ0) is 35.0. The Morgan fingerprint density at radius 1 is 1.19 bits per heavy atom. The highest BCUT2D eigenvalue weighted by atomic mass is 16.6. The number of nitrogens with zero attached hydrogens (tertiary/aromatic N) is 1. The lowest BCUT2D eigenvalue weighted by Crippen LogP contribution is -2.74. The number of likely N-dealkylation sites (N-methyl/N-ethyl adjacent to an activating group) is 1. The van der Waals surface area contributed by atoms with E-state index in [0.29, 0.717) is 50.3 Å². The second-order valence-corrected chi connectivity index (χ2v) is 13.0. The average molecular weight is 673 g/mol. The van der Waals surface area contributed by atoms with E-state index in [9.17, 15) is 34.2 Å². The zero-order valence-electron chi connectivity index (χ0n) is 27.6. The monoisotopic (exact) mass is 672 g/mol. The number of ether oxygens (including phenoxy) is 4. The van der Waals surface area contributed by atoms with E-state index in [4.69, 9.17) is 24.7 Å². The van der Waals surface area contributed by atoms with E-state index in [1.807, 2.05) is 19.2 Å². The number of likely N-dealkylation sites (tertiary alicyclic amines) is 1. The summed E-state index contributed by atoms with van der Waals surface area (Å²) in [5.41, 5.74) is 5.20. The van der Waals surface area contributed by atoms with Crippen molar-refractivity contribution >= 4 is 29.7 Å². The van der Waals surface area contributed by atoms with Gasteiger partial charge in [0, 0.05) is 24.9 Å². The molecule has 2 heterocycles. The molecule has 1 saturated heterocycles. The van der Waals surface area contributed by atoms with Gasteiger partial charge in [-0.2, -0.15) is 0 Å². The molecule has 2 aliphatic carbocycles. The van der Waals surface area contributed by atoms with Crippen molar-refractivity contribution in [3.63, 3.8) is 0 Å². The minimum absolute atomic E-state index is 0.133. The topological polar surface area (TPSA) is 216 Å². The number of rotatable bonds is 14. The molecule has 262 valence electrons.